The zero-order valence-electron chi connectivity index (χ0n) is 13.1. The first kappa shape index (κ1) is 16.4. The Bertz CT molecular complexity index is 422. The zero-order chi connectivity index (χ0) is 15.0. The molecule has 0 saturated carbocycles. The Labute approximate surface area is 122 Å². The summed E-state index contributed by atoms with van der Waals surface area (Å²) in [7, 11) is 3.81. The minimum Gasteiger partial charge on any atom is -0.360 e. The van der Waals surface area contributed by atoms with Gasteiger partial charge in [-0.3, -0.25) is 4.79 Å². The fraction of sp³-hybridized carbons (Fsp3) is 0.667. The molecule has 5 heteroatoms. The average Bonchev–Trinajstić information content (AvgIpc) is 2.49. The van der Waals surface area contributed by atoms with E-state index in [1.54, 1.807) is 11.0 Å². The van der Waals surface area contributed by atoms with Gasteiger partial charge in [-0.25, -0.2) is 9.97 Å². The highest BCUT2D eigenvalue weighted by molar-refractivity contribution is 5.92. The Kier molecular flexibility index (Phi) is 6.98. The van der Waals surface area contributed by atoms with Crippen LogP contribution in [0, 0.1) is 0 Å². The van der Waals surface area contributed by atoms with Crippen LogP contribution in [0.2, 0.25) is 0 Å². The molecule has 0 aliphatic carbocycles. The lowest BCUT2D eigenvalue weighted by atomic mass is 10.3. The zero-order valence-corrected chi connectivity index (χ0v) is 13.1. The summed E-state index contributed by atoms with van der Waals surface area (Å²) in [6.45, 7) is 5.97. The quantitative estimate of drug-likeness (QED) is 0.733. The SMILES string of the molecule is CCCCN(C)C(=O)c1cc(N(C)CCCC)ncn1. The lowest BCUT2D eigenvalue weighted by Crippen LogP contribution is -2.29. The van der Waals surface area contributed by atoms with Crippen LogP contribution in [0.25, 0.3) is 0 Å². The van der Waals surface area contributed by atoms with E-state index in [0.717, 1.165) is 44.6 Å². The minimum atomic E-state index is -0.0361. The van der Waals surface area contributed by atoms with Crippen molar-refractivity contribution >= 4 is 11.7 Å². The predicted molar refractivity (Wildman–Crippen MR) is 82.1 cm³/mol. The molecule has 0 saturated heterocycles. The van der Waals surface area contributed by atoms with Crippen molar-refractivity contribution in [2.45, 2.75) is 39.5 Å². The summed E-state index contributed by atoms with van der Waals surface area (Å²) in [6.07, 6.45) is 5.81. The van der Waals surface area contributed by atoms with Crippen LogP contribution in [-0.2, 0) is 0 Å². The number of hydrogen-bond acceptors (Lipinski definition) is 4. The largest absolute Gasteiger partial charge is 0.360 e. The van der Waals surface area contributed by atoms with Gasteiger partial charge in [0.1, 0.15) is 17.8 Å². The first-order valence-corrected chi connectivity index (χ1v) is 7.38. The van der Waals surface area contributed by atoms with E-state index in [2.05, 4.69) is 28.7 Å². The molecule has 0 unspecified atom stereocenters. The maximum Gasteiger partial charge on any atom is 0.272 e. The fourth-order valence-corrected chi connectivity index (χ4v) is 1.87. The molecule has 0 aliphatic heterocycles. The highest BCUT2D eigenvalue weighted by atomic mass is 16.2. The molecule has 1 rings (SSSR count). The van der Waals surface area contributed by atoms with E-state index in [1.165, 1.54) is 6.33 Å². The lowest BCUT2D eigenvalue weighted by molar-refractivity contribution is 0.0787. The van der Waals surface area contributed by atoms with Crippen molar-refractivity contribution in [1.29, 1.82) is 0 Å². The number of carbonyl (C=O) groups excluding carboxylic acids is 1. The van der Waals surface area contributed by atoms with E-state index in [0.29, 0.717) is 5.69 Å². The smallest absolute Gasteiger partial charge is 0.272 e. The molecule has 1 heterocycles. The molecule has 0 aromatic carbocycles. The second kappa shape index (κ2) is 8.51. The highest BCUT2D eigenvalue weighted by Gasteiger charge is 2.14. The topological polar surface area (TPSA) is 49.3 Å². The Hall–Kier alpha value is -1.65. The van der Waals surface area contributed by atoms with Gasteiger partial charge in [0.2, 0.25) is 0 Å². The number of hydrogen-bond donors (Lipinski definition) is 0. The summed E-state index contributed by atoms with van der Waals surface area (Å²) in [4.78, 5) is 24.4. The van der Waals surface area contributed by atoms with Crippen molar-refractivity contribution in [3.63, 3.8) is 0 Å². The number of rotatable bonds is 8. The maximum absolute atomic E-state index is 12.3. The summed E-state index contributed by atoms with van der Waals surface area (Å²) in [6, 6.07) is 1.78. The molecule has 0 fully saturated rings. The van der Waals surface area contributed by atoms with Crippen LogP contribution >= 0.6 is 0 Å². The standard InChI is InChI=1S/C15H26N4O/c1-5-7-9-18(3)14-11-13(16-12-17-14)15(20)19(4)10-8-6-2/h11-12H,5-10H2,1-4H3. The van der Waals surface area contributed by atoms with Crippen molar-refractivity contribution in [3.05, 3.63) is 18.1 Å². The normalized spacial score (nSPS) is 10.4. The van der Waals surface area contributed by atoms with E-state index in [1.807, 2.05) is 14.1 Å². The predicted octanol–water partition coefficient (Wildman–Crippen LogP) is 2.59. The molecule has 0 atom stereocenters. The van der Waals surface area contributed by atoms with E-state index in [9.17, 15) is 4.79 Å². The van der Waals surface area contributed by atoms with Crippen LogP contribution in [0.5, 0.6) is 0 Å². The Morgan fingerprint density at radius 2 is 1.75 bits per heavy atom. The van der Waals surface area contributed by atoms with Gasteiger partial charge in [0.15, 0.2) is 0 Å². The molecule has 1 amide bonds. The van der Waals surface area contributed by atoms with Crippen LogP contribution < -0.4 is 4.90 Å². The number of unbranched alkanes of at least 4 members (excludes halogenated alkanes) is 2. The van der Waals surface area contributed by atoms with E-state index in [4.69, 9.17) is 0 Å². The molecule has 20 heavy (non-hydrogen) atoms. The monoisotopic (exact) mass is 278 g/mol. The van der Waals surface area contributed by atoms with Gasteiger partial charge in [0.05, 0.1) is 0 Å². The summed E-state index contributed by atoms with van der Waals surface area (Å²) in [5.74, 6) is 0.770. The van der Waals surface area contributed by atoms with Crippen molar-refractivity contribution in [3.8, 4) is 0 Å². The van der Waals surface area contributed by atoms with Gasteiger partial charge in [0, 0.05) is 33.3 Å². The Balaban J connectivity index is 2.73. The second-order valence-electron chi connectivity index (χ2n) is 5.12. The first-order valence-electron chi connectivity index (χ1n) is 7.38. The van der Waals surface area contributed by atoms with Crippen molar-refractivity contribution in [2.24, 2.45) is 0 Å². The van der Waals surface area contributed by atoms with Crippen LogP contribution in [0.4, 0.5) is 5.82 Å². The van der Waals surface area contributed by atoms with Gasteiger partial charge >= 0.3 is 0 Å². The van der Waals surface area contributed by atoms with Gasteiger partial charge in [-0.1, -0.05) is 26.7 Å². The van der Waals surface area contributed by atoms with Crippen molar-refractivity contribution < 1.29 is 4.79 Å². The molecule has 0 bridgehead atoms. The second-order valence-corrected chi connectivity index (χ2v) is 5.12. The van der Waals surface area contributed by atoms with E-state index >= 15 is 0 Å². The molecule has 0 N–H and O–H groups in total. The van der Waals surface area contributed by atoms with Gasteiger partial charge in [-0.2, -0.15) is 0 Å². The molecule has 1 aromatic rings. The number of aromatic nitrogens is 2. The number of nitrogens with zero attached hydrogens (tertiary/aromatic N) is 4. The van der Waals surface area contributed by atoms with Crippen LogP contribution in [0.1, 0.15) is 50.0 Å². The fourth-order valence-electron chi connectivity index (χ4n) is 1.87. The molecule has 1 aromatic heterocycles. The summed E-state index contributed by atoms with van der Waals surface area (Å²) < 4.78 is 0. The molecule has 5 nitrogen and oxygen atoms in total. The van der Waals surface area contributed by atoms with Gasteiger partial charge in [0.25, 0.3) is 5.91 Å². The van der Waals surface area contributed by atoms with Gasteiger partial charge in [-0.15, -0.1) is 0 Å². The molecule has 112 valence electrons. The van der Waals surface area contributed by atoms with Crippen LogP contribution in [0.15, 0.2) is 12.4 Å². The molecule has 0 spiro atoms. The third kappa shape index (κ3) is 4.79. The van der Waals surface area contributed by atoms with E-state index < -0.39 is 0 Å². The number of carbonyl (C=O) groups is 1. The lowest BCUT2D eigenvalue weighted by Gasteiger charge is -2.19. The molecule has 0 radical (unpaired) electrons. The van der Waals surface area contributed by atoms with Crippen molar-refractivity contribution in [2.75, 3.05) is 32.1 Å². The highest BCUT2D eigenvalue weighted by Crippen LogP contribution is 2.11. The third-order valence-electron chi connectivity index (χ3n) is 3.30. The molecular weight excluding hydrogens is 252 g/mol. The van der Waals surface area contributed by atoms with E-state index in [-0.39, 0.29) is 5.91 Å². The summed E-state index contributed by atoms with van der Waals surface area (Å²) in [5.41, 5.74) is 0.469. The Morgan fingerprint density at radius 3 is 2.40 bits per heavy atom. The van der Waals surface area contributed by atoms with Crippen LogP contribution in [0.3, 0.4) is 0 Å². The number of anilines is 1. The number of amides is 1. The summed E-state index contributed by atoms with van der Waals surface area (Å²) in [5, 5.41) is 0. The summed E-state index contributed by atoms with van der Waals surface area (Å²) >= 11 is 0. The average molecular weight is 278 g/mol. The third-order valence-corrected chi connectivity index (χ3v) is 3.30. The molecule has 0 aliphatic rings. The Morgan fingerprint density at radius 1 is 1.10 bits per heavy atom. The van der Waals surface area contributed by atoms with Gasteiger partial charge in [-0.05, 0) is 12.8 Å². The van der Waals surface area contributed by atoms with Gasteiger partial charge < -0.3 is 9.80 Å². The molecular formula is C15H26N4O. The minimum absolute atomic E-state index is 0.0361. The first-order chi connectivity index (χ1) is 9.60. The van der Waals surface area contributed by atoms with Crippen LogP contribution in [-0.4, -0.2) is 48.0 Å². The maximum atomic E-state index is 12.3. The van der Waals surface area contributed by atoms with Crippen molar-refractivity contribution in [1.82, 2.24) is 14.9 Å².